The van der Waals surface area contributed by atoms with Crippen molar-refractivity contribution in [1.29, 1.82) is 0 Å². The van der Waals surface area contributed by atoms with E-state index in [4.69, 9.17) is 20.4 Å². The highest BCUT2D eigenvalue weighted by Crippen LogP contribution is 2.33. The topological polar surface area (TPSA) is 85.3 Å². The second-order valence-corrected chi connectivity index (χ2v) is 7.62. The zero-order valence-corrected chi connectivity index (χ0v) is 17.7. The molecule has 0 amide bonds. The van der Waals surface area contributed by atoms with Gasteiger partial charge in [-0.15, -0.1) is 0 Å². The van der Waals surface area contributed by atoms with Gasteiger partial charge in [0.05, 0.1) is 18.2 Å². The average Bonchev–Trinajstić information content (AvgIpc) is 3.12. The first-order chi connectivity index (χ1) is 15.1. The van der Waals surface area contributed by atoms with Gasteiger partial charge in [-0.3, -0.25) is 4.68 Å². The molecule has 2 aromatic carbocycles. The van der Waals surface area contributed by atoms with Gasteiger partial charge in [0, 0.05) is 44.5 Å². The van der Waals surface area contributed by atoms with E-state index < -0.39 is 0 Å². The van der Waals surface area contributed by atoms with E-state index in [1.807, 2.05) is 37.4 Å². The lowest BCUT2D eigenvalue weighted by Gasteiger charge is -2.36. The number of nitrogens with zero attached hydrogens (tertiary/aromatic N) is 6. The number of hydrogen-bond donors (Lipinski definition) is 1. The third-order valence-corrected chi connectivity index (χ3v) is 5.75. The van der Waals surface area contributed by atoms with Crippen molar-refractivity contribution >= 4 is 28.5 Å². The minimum atomic E-state index is 0.549. The minimum absolute atomic E-state index is 0.549. The Kier molecular flexibility index (Phi) is 4.82. The van der Waals surface area contributed by atoms with E-state index in [-0.39, 0.29) is 0 Å². The molecule has 8 heteroatoms. The van der Waals surface area contributed by atoms with Crippen LogP contribution in [0.4, 0.5) is 17.5 Å². The molecule has 158 valence electrons. The summed E-state index contributed by atoms with van der Waals surface area (Å²) in [7, 11) is 3.48. The number of aryl methyl sites for hydroxylation is 1. The number of methoxy groups -OCH3 is 1. The Morgan fingerprint density at radius 3 is 2.39 bits per heavy atom. The highest BCUT2D eigenvalue weighted by molar-refractivity contribution is 5.99. The maximum Gasteiger partial charge on any atom is 0.228 e. The molecule has 1 saturated heterocycles. The minimum Gasteiger partial charge on any atom is -0.497 e. The standard InChI is InChI=1S/C23H25N7O/c1-28-21(24)19-20(16-7-6-10-18(15-16)31-2)25-23(26-22(19)27-28)30-13-11-29(12-14-30)17-8-4-3-5-9-17/h3-10,15H,11-14,24H2,1-2H3. The Hall–Kier alpha value is -3.81. The van der Waals surface area contributed by atoms with Gasteiger partial charge in [0.2, 0.25) is 5.95 Å². The number of ether oxygens (including phenoxy) is 1. The smallest absolute Gasteiger partial charge is 0.228 e. The number of fused-ring (bicyclic) bond motifs is 1. The van der Waals surface area contributed by atoms with Crippen LogP contribution in [0.15, 0.2) is 54.6 Å². The summed E-state index contributed by atoms with van der Waals surface area (Å²) in [5.41, 5.74) is 9.88. The largest absolute Gasteiger partial charge is 0.497 e. The molecule has 0 aliphatic carbocycles. The molecule has 0 unspecified atom stereocenters. The number of aromatic nitrogens is 4. The fourth-order valence-electron chi connectivity index (χ4n) is 4.03. The first kappa shape index (κ1) is 19.2. The van der Waals surface area contributed by atoms with Crippen LogP contribution in [0.3, 0.4) is 0 Å². The van der Waals surface area contributed by atoms with Crippen molar-refractivity contribution in [2.45, 2.75) is 0 Å². The molecule has 4 aromatic rings. The maximum atomic E-state index is 6.33. The first-order valence-corrected chi connectivity index (χ1v) is 10.3. The van der Waals surface area contributed by atoms with Crippen molar-refractivity contribution in [2.75, 3.05) is 48.8 Å². The van der Waals surface area contributed by atoms with Crippen LogP contribution < -0.4 is 20.3 Å². The molecule has 1 fully saturated rings. The highest BCUT2D eigenvalue weighted by atomic mass is 16.5. The number of para-hydroxylation sites is 1. The SMILES string of the molecule is COc1cccc(-c2nc(N3CCN(c4ccccc4)CC3)nc3nn(C)c(N)c23)c1. The lowest BCUT2D eigenvalue weighted by atomic mass is 10.1. The van der Waals surface area contributed by atoms with E-state index in [1.165, 1.54) is 5.69 Å². The van der Waals surface area contributed by atoms with Crippen LogP contribution in [0.25, 0.3) is 22.3 Å². The Morgan fingerprint density at radius 1 is 0.903 bits per heavy atom. The second-order valence-electron chi connectivity index (χ2n) is 7.62. The molecule has 1 aliphatic heterocycles. The zero-order valence-electron chi connectivity index (χ0n) is 17.7. The normalized spacial score (nSPS) is 14.3. The number of hydrogen-bond acceptors (Lipinski definition) is 7. The fraction of sp³-hybridized carbons (Fsp3) is 0.261. The molecule has 0 spiro atoms. The molecule has 3 heterocycles. The third kappa shape index (κ3) is 3.50. The fourth-order valence-corrected chi connectivity index (χ4v) is 4.03. The third-order valence-electron chi connectivity index (χ3n) is 5.75. The molecular formula is C23H25N7O. The van der Waals surface area contributed by atoms with Crippen molar-refractivity contribution in [3.05, 3.63) is 54.6 Å². The van der Waals surface area contributed by atoms with Crippen LogP contribution in [-0.4, -0.2) is 53.0 Å². The number of anilines is 3. The molecule has 0 saturated carbocycles. The van der Waals surface area contributed by atoms with E-state index in [9.17, 15) is 0 Å². The average molecular weight is 416 g/mol. The van der Waals surface area contributed by atoms with E-state index >= 15 is 0 Å². The van der Waals surface area contributed by atoms with Gasteiger partial charge in [-0.2, -0.15) is 10.1 Å². The maximum absolute atomic E-state index is 6.33. The predicted octanol–water partition coefficient (Wildman–Crippen LogP) is 2.95. The number of rotatable bonds is 4. The van der Waals surface area contributed by atoms with E-state index in [1.54, 1.807) is 11.8 Å². The monoisotopic (exact) mass is 415 g/mol. The zero-order chi connectivity index (χ0) is 21.4. The van der Waals surface area contributed by atoms with Crippen LogP contribution in [-0.2, 0) is 7.05 Å². The summed E-state index contributed by atoms with van der Waals surface area (Å²) in [5.74, 6) is 1.99. The lowest BCUT2D eigenvalue weighted by Crippen LogP contribution is -2.47. The van der Waals surface area contributed by atoms with Crippen molar-refractivity contribution in [3.8, 4) is 17.0 Å². The molecule has 0 atom stereocenters. The first-order valence-electron chi connectivity index (χ1n) is 10.3. The van der Waals surface area contributed by atoms with Crippen molar-refractivity contribution in [1.82, 2.24) is 19.7 Å². The molecule has 31 heavy (non-hydrogen) atoms. The van der Waals surface area contributed by atoms with Crippen LogP contribution in [0.5, 0.6) is 5.75 Å². The van der Waals surface area contributed by atoms with E-state index in [2.05, 4.69) is 39.2 Å². The van der Waals surface area contributed by atoms with Gasteiger partial charge >= 0.3 is 0 Å². The van der Waals surface area contributed by atoms with E-state index in [0.29, 0.717) is 17.4 Å². The number of nitrogen functional groups attached to an aromatic ring is 1. The quantitative estimate of drug-likeness (QED) is 0.548. The van der Waals surface area contributed by atoms with Gasteiger partial charge in [0.15, 0.2) is 5.65 Å². The number of nitrogens with two attached hydrogens (primary N) is 1. The molecule has 8 nitrogen and oxygen atoms in total. The van der Waals surface area contributed by atoms with Gasteiger partial charge < -0.3 is 20.3 Å². The summed E-state index contributed by atoms with van der Waals surface area (Å²) >= 11 is 0. The summed E-state index contributed by atoms with van der Waals surface area (Å²) in [5, 5.41) is 5.30. The van der Waals surface area contributed by atoms with Gasteiger partial charge in [-0.05, 0) is 24.3 Å². The van der Waals surface area contributed by atoms with E-state index in [0.717, 1.165) is 48.6 Å². The summed E-state index contributed by atoms with van der Waals surface area (Å²) < 4.78 is 7.07. The van der Waals surface area contributed by atoms with Crippen LogP contribution in [0.1, 0.15) is 0 Å². The van der Waals surface area contributed by atoms with Crippen molar-refractivity contribution in [3.63, 3.8) is 0 Å². The number of piperazine rings is 1. The Bertz CT molecular complexity index is 1210. The Morgan fingerprint density at radius 2 is 1.65 bits per heavy atom. The summed E-state index contributed by atoms with van der Waals surface area (Å²) in [6, 6.07) is 18.3. The predicted molar refractivity (Wildman–Crippen MR) is 124 cm³/mol. The summed E-state index contributed by atoms with van der Waals surface area (Å²) in [6.07, 6.45) is 0. The molecule has 1 aliphatic rings. The Balaban J connectivity index is 1.51. The second kappa shape index (κ2) is 7.79. The van der Waals surface area contributed by atoms with Crippen LogP contribution in [0.2, 0.25) is 0 Å². The number of benzene rings is 2. The van der Waals surface area contributed by atoms with Crippen LogP contribution in [0, 0.1) is 0 Å². The molecule has 5 rings (SSSR count). The van der Waals surface area contributed by atoms with Crippen LogP contribution >= 0.6 is 0 Å². The lowest BCUT2D eigenvalue weighted by molar-refractivity contribution is 0.415. The molecule has 2 N–H and O–H groups in total. The Labute approximate surface area is 180 Å². The molecule has 0 radical (unpaired) electrons. The molecular weight excluding hydrogens is 390 g/mol. The van der Waals surface area contributed by atoms with Gasteiger partial charge in [0.1, 0.15) is 11.6 Å². The van der Waals surface area contributed by atoms with Crippen molar-refractivity contribution < 1.29 is 4.74 Å². The molecule has 2 aromatic heterocycles. The summed E-state index contributed by atoms with van der Waals surface area (Å²) in [4.78, 5) is 14.3. The molecule has 0 bridgehead atoms. The van der Waals surface area contributed by atoms with Gasteiger partial charge in [-0.25, -0.2) is 4.98 Å². The van der Waals surface area contributed by atoms with Crippen molar-refractivity contribution in [2.24, 2.45) is 7.05 Å². The highest BCUT2D eigenvalue weighted by Gasteiger charge is 2.23. The van der Waals surface area contributed by atoms with Gasteiger partial charge in [-0.1, -0.05) is 30.3 Å². The summed E-state index contributed by atoms with van der Waals surface area (Å²) in [6.45, 7) is 3.48. The van der Waals surface area contributed by atoms with Gasteiger partial charge in [0.25, 0.3) is 0 Å².